The van der Waals surface area contributed by atoms with E-state index in [1.165, 1.54) is 5.01 Å². The fourth-order valence-electron chi connectivity index (χ4n) is 3.30. The predicted octanol–water partition coefficient (Wildman–Crippen LogP) is 3.34. The van der Waals surface area contributed by atoms with Crippen LogP contribution < -0.4 is 0 Å². The highest BCUT2D eigenvalue weighted by Gasteiger charge is 2.49. The summed E-state index contributed by atoms with van der Waals surface area (Å²) in [5.74, 6) is 0.396. The van der Waals surface area contributed by atoms with Crippen molar-refractivity contribution in [2.75, 3.05) is 13.7 Å². The van der Waals surface area contributed by atoms with Crippen LogP contribution in [-0.4, -0.2) is 36.1 Å². The molecule has 0 radical (unpaired) electrons. The van der Waals surface area contributed by atoms with Crippen LogP contribution in [0, 0.1) is 5.41 Å². The molecule has 3 rings (SSSR count). The highest BCUT2D eigenvalue weighted by atomic mass is 16.5. The summed E-state index contributed by atoms with van der Waals surface area (Å²) in [6.45, 7) is 3.62. The van der Waals surface area contributed by atoms with E-state index in [0.717, 1.165) is 18.4 Å². The molecule has 130 valence electrons. The van der Waals surface area contributed by atoms with E-state index in [9.17, 15) is 9.59 Å². The Balaban J connectivity index is 1.85. The van der Waals surface area contributed by atoms with Gasteiger partial charge in [0, 0.05) is 11.1 Å². The van der Waals surface area contributed by atoms with E-state index in [1.54, 1.807) is 31.4 Å². The van der Waals surface area contributed by atoms with E-state index < -0.39 is 5.41 Å². The largest absolute Gasteiger partial charge is 0.497 e. The first-order valence-corrected chi connectivity index (χ1v) is 8.39. The summed E-state index contributed by atoms with van der Waals surface area (Å²) in [5, 5.41) is 5.67. The summed E-state index contributed by atoms with van der Waals surface area (Å²) in [6.07, 6.45) is 5.79. The normalized spacial score (nSPS) is 23.1. The minimum absolute atomic E-state index is 0.0604. The second-order valence-electron chi connectivity index (χ2n) is 6.43. The molecule has 5 heteroatoms. The molecule has 0 spiro atoms. The summed E-state index contributed by atoms with van der Waals surface area (Å²) >= 11 is 0. The molecule has 25 heavy (non-hydrogen) atoms. The third kappa shape index (κ3) is 2.90. The summed E-state index contributed by atoms with van der Waals surface area (Å²) < 4.78 is 5.46. The smallest absolute Gasteiger partial charge is 0.259 e. The van der Waals surface area contributed by atoms with Crippen molar-refractivity contribution in [2.24, 2.45) is 10.5 Å². The lowest BCUT2D eigenvalue weighted by atomic mass is 9.75. The topological polar surface area (TPSA) is 59.0 Å². The van der Waals surface area contributed by atoms with Gasteiger partial charge < -0.3 is 4.74 Å². The Morgan fingerprint density at radius 2 is 1.92 bits per heavy atom. The number of hydrogen-bond donors (Lipinski definition) is 0. The standard InChI is InChI=1S/C20H22N2O3/c1-14-20(2,16-11-7-8-12-18(16)25-3)19(24)22(21-14)13-17(23)15-9-5-4-6-10-15/h4-6,9-12H,7-8,13H2,1-3H3. The van der Waals surface area contributed by atoms with Gasteiger partial charge in [-0.1, -0.05) is 36.4 Å². The van der Waals surface area contributed by atoms with Gasteiger partial charge in [-0.2, -0.15) is 5.10 Å². The molecule has 1 atom stereocenters. The molecule has 5 nitrogen and oxygen atoms in total. The highest BCUT2D eigenvalue weighted by Crippen LogP contribution is 2.41. The Morgan fingerprint density at radius 3 is 2.60 bits per heavy atom. The average molecular weight is 338 g/mol. The van der Waals surface area contributed by atoms with Crippen molar-refractivity contribution < 1.29 is 14.3 Å². The summed E-state index contributed by atoms with van der Waals surface area (Å²) in [5.41, 5.74) is 1.20. The fourth-order valence-corrected chi connectivity index (χ4v) is 3.30. The van der Waals surface area contributed by atoms with Gasteiger partial charge in [-0.15, -0.1) is 0 Å². The third-order valence-corrected chi connectivity index (χ3v) is 4.91. The number of hydrazone groups is 1. The minimum Gasteiger partial charge on any atom is -0.497 e. The molecule has 0 N–H and O–H groups in total. The predicted molar refractivity (Wildman–Crippen MR) is 96.1 cm³/mol. The number of nitrogens with zero attached hydrogens (tertiary/aromatic N) is 2. The third-order valence-electron chi connectivity index (χ3n) is 4.91. The van der Waals surface area contributed by atoms with Gasteiger partial charge in [0.15, 0.2) is 5.78 Å². The van der Waals surface area contributed by atoms with Crippen LogP contribution in [0.4, 0.5) is 0 Å². The number of benzene rings is 1. The zero-order valence-corrected chi connectivity index (χ0v) is 14.8. The first-order chi connectivity index (χ1) is 12.0. The molecule has 1 aliphatic heterocycles. The molecule has 2 aliphatic rings. The van der Waals surface area contributed by atoms with Gasteiger partial charge in [0.25, 0.3) is 5.91 Å². The molecule has 0 aromatic heterocycles. The van der Waals surface area contributed by atoms with Gasteiger partial charge in [0.05, 0.1) is 12.8 Å². The molecule has 0 saturated heterocycles. The Kier molecular flexibility index (Phi) is 4.57. The van der Waals surface area contributed by atoms with Gasteiger partial charge in [-0.05, 0) is 32.8 Å². The molecular formula is C20H22N2O3. The molecule has 0 fully saturated rings. The molecule has 1 amide bonds. The number of methoxy groups -OCH3 is 1. The van der Waals surface area contributed by atoms with E-state index in [0.29, 0.717) is 17.0 Å². The zero-order chi connectivity index (χ0) is 18.0. The molecule has 1 aromatic rings. The van der Waals surface area contributed by atoms with Crippen LogP contribution in [0.2, 0.25) is 0 Å². The van der Waals surface area contributed by atoms with Gasteiger partial charge in [0.1, 0.15) is 17.7 Å². The lowest BCUT2D eigenvalue weighted by Gasteiger charge is -2.29. The van der Waals surface area contributed by atoms with Crippen molar-refractivity contribution in [3.05, 3.63) is 59.4 Å². The van der Waals surface area contributed by atoms with Gasteiger partial charge in [0.2, 0.25) is 0 Å². The number of amides is 1. The van der Waals surface area contributed by atoms with Crippen molar-refractivity contribution in [1.29, 1.82) is 0 Å². The second kappa shape index (κ2) is 6.67. The number of allylic oxidation sites excluding steroid dienone is 3. The summed E-state index contributed by atoms with van der Waals surface area (Å²) in [7, 11) is 1.61. The Hall–Kier alpha value is -2.69. The van der Waals surface area contributed by atoms with E-state index in [1.807, 2.05) is 32.1 Å². The molecule has 0 saturated carbocycles. The number of Topliss-reactive ketones (excluding diaryl/α,β-unsaturated/α-hetero) is 1. The quantitative estimate of drug-likeness (QED) is 0.774. The van der Waals surface area contributed by atoms with Crippen LogP contribution >= 0.6 is 0 Å². The van der Waals surface area contributed by atoms with Crippen molar-refractivity contribution in [3.63, 3.8) is 0 Å². The second-order valence-corrected chi connectivity index (χ2v) is 6.43. The van der Waals surface area contributed by atoms with Crippen molar-refractivity contribution in [3.8, 4) is 0 Å². The van der Waals surface area contributed by atoms with E-state index in [2.05, 4.69) is 5.10 Å². The molecule has 1 aliphatic carbocycles. The van der Waals surface area contributed by atoms with E-state index in [4.69, 9.17) is 4.74 Å². The van der Waals surface area contributed by atoms with Gasteiger partial charge in [-0.3, -0.25) is 9.59 Å². The molecule has 1 unspecified atom stereocenters. The minimum atomic E-state index is -0.890. The Morgan fingerprint density at radius 1 is 1.24 bits per heavy atom. The molecule has 1 heterocycles. The van der Waals surface area contributed by atoms with Crippen molar-refractivity contribution in [2.45, 2.75) is 26.7 Å². The molecule has 1 aromatic carbocycles. The van der Waals surface area contributed by atoms with E-state index in [-0.39, 0.29) is 18.2 Å². The number of hydrogen-bond acceptors (Lipinski definition) is 4. The van der Waals surface area contributed by atoms with Gasteiger partial charge in [-0.25, -0.2) is 5.01 Å². The highest BCUT2D eigenvalue weighted by molar-refractivity contribution is 6.15. The Labute approximate surface area is 147 Å². The first kappa shape index (κ1) is 17.1. The van der Waals surface area contributed by atoms with E-state index >= 15 is 0 Å². The van der Waals surface area contributed by atoms with Crippen LogP contribution in [0.25, 0.3) is 0 Å². The van der Waals surface area contributed by atoms with Crippen molar-refractivity contribution >= 4 is 17.4 Å². The van der Waals surface area contributed by atoms with Crippen LogP contribution in [0.5, 0.6) is 0 Å². The summed E-state index contributed by atoms with van der Waals surface area (Å²) in [4.78, 5) is 25.5. The first-order valence-electron chi connectivity index (χ1n) is 8.39. The van der Waals surface area contributed by atoms with Gasteiger partial charge >= 0.3 is 0 Å². The zero-order valence-electron chi connectivity index (χ0n) is 14.8. The molecule has 0 bridgehead atoms. The van der Waals surface area contributed by atoms with Crippen LogP contribution in [0.15, 0.2) is 58.9 Å². The maximum absolute atomic E-state index is 13.1. The fraction of sp³-hybridized carbons (Fsp3) is 0.350. The van der Waals surface area contributed by atoms with Crippen LogP contribution in [0.1, 0.15) is 37.0 Å². The SMILES string of the molecule is COC1=CCCC=C1C1(C)C(=O)N(CC(=O)c2ccccc2)N=C1C. The average Bonchev–Trinajstić information content (AvgIpc) is 2.86. The maximum Gasteiger partial charge on any atom is 0.259 e. The number of rotatable bonds is 5. The summed E-state index contributed by atoms with van der Waals surface area (Å²) in [6, 6.07) is 8.95. The van der Waals surface area contributed by atoms with Crippen LogP contribution in [-0.2, 0) is 9.53 Å². The lowest BCUT2D eigenvalue weighted by molar-refractivity contribution is -0.133. The lowest BCUT2D eigenvalue weighted by Crippen LogP contribution is -2.40. The number of carbonyl (C=O) groups excluding carboxylic acids is 2. The molecular weight excluding hydrogens is 316 g/mol. The Bertz CT molecular complexity index is 792. The number of ether oxygens (including phenoxy) is 1. The number of carbonyl (C=O) groups is 2. The monoisotopic (exact) mass is 338 g/mol. The number of ketones is 1. The maximum atomic E-state index is 13.1. The van der Waals surface area contributed by atoms with Crippen molar-refractivity contribution in [1.82, 2.24) is 5.01 Å². The van der Waals surface area contributed by atoms with Crippen LogP contribution in [0.3, 0.4) is 0 Å².